The van der Waals surface area contributed by atoms with Crippen LogP contribution in [-0.4, -0.2) is 61.0 Å². The summed E-state index contributed by atoms with van der Waals surface area (Å²) < 4.78 is 0. The Hall–Kier alpha value is -1.10. The Morgan fingerprint density at radius 2 is 2.00 bits per heavy atom. The van der Waals surface area contributed by atoms with Gasteiger partial charge in [0.25, 0.3) is 0 Å². The summed E-state index contributed by atoms with van der Waals surface area (Å²) in [5.74, 6) is 0.187. The van der Waals surface area contributed by atoms with Crippen molar-refractivity contribution in [1.82, 2.24) is 15.1 Å². The summed E-state index contributed by atoms with van der Waals surface area (Å²) in [5, 5.41) is 4.09. The van der Waals surface area contributed by atoms with Crippen LogP contribution in [-0.2, 0) is 11.2 Å². The van der Waals surface area contributed by atoms with Crippen molar-refractivity contribution in [2.75, 3.05) is 39.3 Å². The van der Waals surface area contributed by atoms with Gasteiger partial charge >= 0.3 is 0 Å². The zero-order chi connectivity index (χ0) is 14.7. The summed E-state index contributed by atoms with van der Waals surface area (Å²) in [6.45, 7) is 5.85. The van der Waals surface area contributed by atoms with Crippen LogP contribution in [0, 0.1) is 0 Å². The van der Waals surface area contributed by atoms with Gasteiger partial charge in [-0.3, -0.25) is 9.69 Å². The van der Waals surface area contributed by atoms with Crippen molar-refractivity contribution in [3.8, 4) is 0 Å². The van der Waals surface area contributed by atoms with E-state index in [0.717, 1.165) is 44.8 Å². The van der Waals surface area contributed by atoms with Gasteiger partial charge < -0.3 is 10.2 Å². The monoisotopic (exact) mass is 307 g/mol. The summed E-state index contributed by atoms with van der Waals surface area (Å²) in [7, 11) is 0. The number of piperazine rings is 1. The van der Waals surface area contributed by atoms with Gasteiger partial charge in [-0.15, -0.1) is 0 Å². The van der Waals surface area contributed by atoms with Crippen LogP contribution in [0.15, 0.2) is 24.3 Å². The first-order valence-corrected chi connectivity index (χ1v) is 8.08. The smallest absolute Gasteiger partial charge is 0.227 e. The second-order valence-corrected chi connectivity index (χ2v) is 6.24. The lowest BCUT2D eigenvalue weighted by molar-refractivity contribution is -0.132. The fourth-order valence-electron chi connectivity index (χ4n) is 3.20. The highest BCUT2D eigenvalue weighted by molar-refractivity contribution is 6.31. The molecule has 4 nitrogen and oxygen atoms in total. The number of carbonyl (C=O) groups is 1. The minimum Gasteiger partial charge on any atom is -0.340 e. The van der Waals surface area contributed by atoms with Gasteiger partial charge in [0, 0.05) is 43.8 Å². The van der Waals surface area contributed by atoms with Crippen LogP contribution in [0.1, 0.15) is 12.0 Å². The molecule has 1 atom stereocenters. The maximum atomic E-state index is 12.4. The number of amides is 1. The molecule has 5 heteroatoms. The minimum absolute atomic E-state index is 0.187. The Balaban J connectivity index is 1.52. The third-order valence-corrected chi connectivity index (χ3v) is 4.89. The number of halogens is 1. The van der Waals surface area contributed by atoms with E-state index in [9.17, 15) is 4.79 Å². The van der Waals surface area contributed by atoms with Crippen LogP contribution >= 0.6 is 11.6 Å². The molecule has 0 bridgehead atoms. The topological polar surface area (TPSA) is 35.6 Å². The molecule has 3 rings (SSSR count). The van der Waals surface area contributed by atoms with E-state index in [1.54, 1.807) is 0 Å². The van der Waals surface area contributed by atoms with E-state index in [-0.39, 0.29) is 5.91 Å². The van der Waals surface area contributed by atoms with E-state index in [2.05, 4.69) is 10.2 Å². The highest BCUT2D eigenvalue weighted by atomic mass is 35.5. The van der Waals surface area contributed by atoms with Gasteiger partial charge in [-0.1, -0.05) is 29.8 Å². The normalized spacial score (nSPS) is 23.5. The largest absolute Gasteiger partial charge is 0.340 e. The van der Waals surface area contributed by atoms with Gasteiger partial charge in [-0.25, -0.2) is 0 Å². The van der Waals surface area contributed by atoms with Crippen LogP contribution in [0.5, 0.6) is 0 Å². The maximum absolute atomic E-state index is 12.4. The SMILES string of the molecule is O=C(Cc1ccccc1Cl)N1CCN(C2CCNC2)CC1. The van der Waals surface area contributed by atoms with Crippen LogP contribution in [0.25, 0.3) is 0 Å². The van der Waals surface area contributed by atoms with E-state index >= 15 is 0 Å². The quantitative estimate of drug-likeness (QED) is 0.916. The highest BCUT2D eigenvalue weighted by Gasteiger charge is 2.27. The van der Waals surface area contributed by atoms with E-state index in [1.807, 2.05) is 29.2 Å². The molecular weight excluding hydrogens is 286 g/mol. The van der Waals surface area contributed by atoms with Crippen LogP contribution in [0.4, 0.5) is 0 Å². The number of hydrogen-bond acceptors (Lipinski definition) is 3. The first-order chi connectivity index (χ1) is 10.2. The summed E-state index contributed by atoms with van der Waals surface area (Å²) in [6, 6.07) is 8.26. The molecule has 1 N–H and O–H groups in total. The van der Waals surface area contributed by atoms with Crippen molar-refractivity contribution in [3.63, 3.8) is 0 Å². The van der Waals surface area contributed by atoms with Gasteiger partial charge in [0.15, 0.2) is 0 Å². The Morgan fingerprint density at radius 1 is 1.24 bits per heavy atom. The summed E-state index contributed by atoms with van der Waals surface area (Å²) in [4.78, 5) is 16.9. The molecule has 0 saturated carbocycles. The van der Waals surface area contributed by atoms with Crippen LogP contribution in [0.2, 0.25) is 5.02 Å². The van der Waals surface area contributed by atoms with Gasteiger partial charge in [0.2, 0.25) is 5.91 Å². The second kappa shape index (κ2) is 6.77. The fourth-order valence-corrected chi connectivity index (χ4v) is 3.41. The number of carbonyl (C=O) groups excluding carboxylic acids is 1. The van der Waals surface area contributed by atoms with Crippen molar-refractivity contribution in [1.29, 1.82) is 0 Å². The average Bonchev–Trinajstić information content (AvgIpc) is 3.04. The van der Waals surface area contributed by atoms with Gasteiger partial charge in [0.05, 0.1) is 6.42 Å². The Labute approximate surface area is 131 Å². The molecule has 2 aliphatic heterocycles. The Morgan fingerprint density at radius 3 is 2.67 bits per heavy atom. The molecule has 1 unspecified atom stereocenters. The molecule has 0 aromatic heterocycles. The molecule has 2 aliphatic rings. The zero-order valence-corrected chi connectivity index (χ0v) is 13.0. The number of nitrogens with one attached hydrogen (secondary N) is 1. The average molecular weight is 308 g/mol. The van der Waals surface area contributed by atoms with Crippen molar-refractivity contribution < 1.29 is 4.79 Å². The summed E-state index contributed by atoms with van der Waals surface area (Å²) in [6.07, 6.45) is 1.64. The molecule has 21 heavy (non-hydrogen) atoms. The zero-order valence-electron chi connectivity index (χ0n) is 12.2. The van der Waals surface area contributed by atoms with Gasteiger partial charge in [-0.05, 0) is 24.6 Å². The molecule has 0 radical (unpaired) electrons. The van der Waals surface area contributed by atoms with Crippen LogP contribution in [0.3, 0.4) is 0 Å². The number of nitrogens with zero attached hydrogens (tertiary/aromatic N) is 2. The van der Waals surface area contributed by atoms with Crippen LogP contribution < -0.4 is 5.32 Å². The molecule has 1 aromatic rings. The lowest BCUT2D eigenvalue weighted by Crippen LogP contribution is -2.52. The number of hydrogen-bond donors (Lipinski definition) is 1. The van der Waals surface area contributed by atoms with Crippen molar-refractivity contribution in [2.24, 2.45) is 0 Å². The predicted octanol–water partition coefficient (Wildman–Crippen LogP) is 1.39. The third kappa shape index (κ3) is 3.57. The first kappa shape index (κ1) is 14.8. The predicted molar refractivity (Wildman–Crippen MR) is 84.6 cm³/mol. The maximum Gasteiger partial charge on any atom is 0.227 e. The summed E-state index contributed by atoms with van der Waals surface area (Å²) >= 11 is 6.13. The molecular formula is C16H22ClN3O. The van der Waals surface area contributed by atoms with Gasteiger partial charge in [-0.2, -0.15) is 0 Å². The molecule has 2 fully saturated rings. The molecule has 0 spiro atoms. The fraction of sp³-hybridized carbons (Fsp3) is 0.562. The third-order valence-electron chi connectivity index (χ3n) is 4.52. The highest BCUT2D eigenvalue weighted by Crippen LogP contribution is 2.17. The minimum atomic E-state index is 0.187. The molecule has 1 amide bonds. The summed E-state index contributed by atoms with van der Waals surface area (Å²) in [5.41, 5.74) is 0.923. The van der Waals surface area contributed by atoms with Gasteiger partial charge in [0.1, 0.15) is 0 Å². The molecule has 1 aromatic carbocycles. The van der Waals surface area contributed by atoms with E-state index in [4.69, 9.17) is 11.6 Å². The second-order valence-electron chi connectivity index (χ2n) is 5.83. The lowest BCUT2D eigenvalue weighted by Gasteiger charge is -2.37. The Kier molecular flexibility index (Phi) is 4.78. The Bertz CT molecular complexity index is 494. The van der Waals surface area contributed by atoms with Crippen molar-refractivity contribution >= 4 is 17.5 Å². The molecule has 114 valence electrons. The van der Waals surface area contributed by atoms with Crippen molar-refractivity contribution in [3.05, 3.63) is 34.9 Å². The molecule has 0 aliphatic carbocycles. The molecule has 2 heterocycles. The first-order valence-electron chi connectivity index (χ1n) is 7.70. The van der Waals surface area contributed by atoms with E-state index in [1.165, 1.54) is 6.42 Å². The standard InChI is InChI=1S/C16H22ClN3O/c17-15-4-2-1-3-13(15)11-16(21)20-9-7-19(8-10-20)14-5-6-18-12-14/h1-4,14,18H,5-12H2. The van der Waals surface area contributed by atoms with Crippen molar-refractivity contribution in [2.45, 2.75) is 18.9 Å². The lowest BCUT2D eigenvalue weighted by atomic mass is 10.1. The number of benzene rings is 1. The van der Waals surface area contributed by atoms with E-state index < -0.39 is 0 Å². The number of rotatable bonds is 3. The van der Waals surface area contributed by atoms with E-state index in [0.29, 0.717) is 17.5 Å². The molecule has 2 saturated heterocycles.